The van der Waals surface area contributed by atoms with Crippen LogP contribution in [0.5, 0.6) is 0 Å². The van der Waals surface area contributed by atoms with E-state index in [4.69, 9.17) is 5.26 Å². The van der Waals surface area contributed by atoms with E-state index in [1.54, 1.807) is 0 Å². The molecule has 0 bridgehead atoms. The highest BCUT2D eigenvalue weighted by molar-refractivity contribution is 7.98. The Labute approximate surface area is 127 Å². The first-order valence-corrected chi connectivity index (χ1v) is 7.51. The molecule has 2 aromatic rings. The van der Waals surface area contributed by atoms with Crippen LogP contribution in [0.2, 0.25) is 0 Å². The molecule has 0 aliphatic heterocycles. The number of nitriles is 1. The second-order valence-electron chi connectivity index (χ2n) is 4.19. The van der Waals surface area contributed by atoms with Crippen LogP contribution in [0.15, 0.2) is 39.7 Å². The van der Waals surface area contributed by atoms with Crippen LogP contribution in [0.4, 0.5) is 17.3 Å². The Bertz CT molecular complexity index is 641. The van der Waals surface area contributed by atoms with Crippen molar-refractivity contribution in [3.63, 3.8) is 0 Å². The largest absolute Gasteiger partial charge is 0.374 e. The minimum atomic E-state index is 0.384. The van der Waals surface area contributed by atoms with Gasteiger partial charge in [-0.15, -0.1) is 15.3 Å². The van der Waals surface area contributed by atoms with Gasteiger partial charge in [0.1, 0.15) is 0 Å². The molecule has 1 heterocycles. The molecule has 7 nitrogen and oxygen atoms in total. The standard InChI is InChI=1S/C13H15N7S/c1-20(9-3-8-14)11-6-4-10(5-7-11)16-17-12-15-13(21-2)19-18-12/h4-7H,3,9H2,1-2H3,(H,15,18,19). The van der Waals surface area contributed by atoms with E-state index in [1.165, 1.54) is 11.8 Å². The van der Waals surface area contributed by atoms with Crippen molar-refractivity contribution in [2.75, 3.05) is 24.7 Å². The average molecular weight is 301 g/mol. The Morgan fingerprint density at radius 2 is 2.10 bits per heavy atom. The third kappa shape index (κ3) is 4.29. The lowest BCUT2D eigenvalue weighted by atomic mass is 10.2. The summed E-state index contributed by atoms with van der Waals surface area (Å²) in [5, 5.41) is 24.0. The molecule has 0 amide bonds. The van der Waals surface area contributed by atoms with E-state index in [0.717, 1.165) is 11.4 Å². The molecular weight excluding hydrogens is 286 g/mol. The SMILES string of the molecule is CSc1n[nH]c(N=Nc2ccc(N(C)CCC#N)cc2)n1. The number of anilines is 1. The van der Waals surface area contributed by atoms with E-state index in [9.17, 15) is 0 Å². The quantitative estimate of drug-likeness (QED) is 0.652. The first kappa shape index (κ1) is 15.0. The van der Waals surface area contributed by atoms with Gasteiger partial charge >= 0.3 is 0 Å². The summed E-state index contributed by atoms with van der Waals surface area (Å²) in [6, 6.07) is 9.76. The molecule has 0 saturated carbocycles. The van der Waals surface area contributed by atoms with Crippen LogP contribution in [-0.4, -0.2) is 35.0 Å². The normalized spacial score (nSPS) is 10.7. The minimum absolute atomic E-state index is 0.384. The molecule has 8 heteroatoms. The minimum Gasteiger partial charge on any atom is -0.374 e. The number of hydrogen-bond acceptors (Lipinski definition) is 7. The number of rotatable bonds is 6. The zero-order chi connectivity index (χ0) is 15.1. The Hall–Kier alpha value is -2.40. The second-order valence-corrected chi connectivity index (χ2v) is 4.97. The van der Waals surface area contributed by atoms with Crippen molar-refractivity contribution in [3.8, 4) is 6.07 Å². The van der Waals surface area contributed by atoms with Crippen molar-refractivity contribution < 1.29 is 0 Å². The number of thioether (sulfide) groups is 1. The summed E-state index contributed by atoms with van der Waals surface area (Å²) < 4.78 is 0. The van der Waals surface area contributed by atoms with Crippen molar-refractivity contribution >= 4 is 29.1 Å². The van der Waals surface area contributed by atoms with E-state index < -0.39 is 0 Å². The summed E-state index contributed by atoms with van der Waals surface area (Å²) in [7, 11) is 1.95. The Morgan fingerprint density at radius 3 is 2.71 bits per heavy atom. The number of aromatic amines is 1. The number of hydrogen-bond donors (Lipinski definition) is 1. The molecule has 0 fully saturated rings. The fourth-order valence-corrected chi connectivity index (χ4v) is 1.91. The van der Waals surface area contributed by atoms with Crippen molar-refractivity contribution in [2.24, 2.45) is 10.2 Å². The van der Waals surface area contributed by atoms with E-state index in [-0.39, 0.29) is 0 Å². The molecule has 0 spiro atoms. The second kappa shape index (κ2) is 7.40. The summed E-state index contributed by atoms with van der Waals surface area (Å²) in [6.07, 6.45) is 2.40. The monoisotopic (exact) mass is 301 g/mol. The van der Waals surface area contributed by atoms with Crippen LogP contribution in [-0.2, 0) is 0 Å². The maximum Gasteiger partial charge on any atom is 0.265 e. The molecule has 0 unspecified atom stereocenters. The van der Waals surface area contributed by atoms with Crippen LogP contribution in [0.1, 0.15) is 6.42 Å². The average Bonchev–Trinajstić information content (AvgIpc) is 2.99. The first-order chi connectivity index (χ1) is 10.2. The summed E-state index contributed by atoms with van der Waals surface area (Å²) in [4.78, 5) is 6.14. The van der Waals surface area contributed by atoms with Crippen LogP contribution in [0.25, 0.3) is 0 Å². The highest BCUT2D eigenvalue weighted by Gasteiger charge is 2.01. The molecule has 1 N–H and O–H groups in total. The lowest BCUT2D eigenvalue weighted by Gasteiger charge is -2.17. The maximum absolute atomic E-state index is 8.58. The van der Waals surface area contributed by atoms with Gasteiger partial charge in [0.2, 0.25) is 5.16 Å². The van der Waals surface area contributed by atoms with Gasteiger partial charge in [-0.25, -0.2) is 5.10 Å². The van der Waals surface area contributed by atoms with Crippen molar-refractivity contribution in [3.05, 3.63) is 24.3 Å². The summed E-state index contributed by atoms with van der Waals surface area (Å²) in [5.41, 5.74) is 1.77. The lowest BCUT2D eigenvalue weighted by Crippen LogP contribution is -2.17. The third-order valence-corrected chi connectivity index (χ3v) is 3.29. The van der Waals surface area contributed by atoms with Crippen LogP contribution in [0, 0.1) is 11.3 Å². The molecule has 0 atom stereocenters. The van der Waals surface area contributed by atoms with Gasteiger partial charge in [-0.1, -0.05) is 11.8 Å². The van der Waals surface area contributed by atoms with Gasteiger partial charge < -0.3 is 4.90 Å². The summed E-state index contributed by atoms with van der Waals surface area (Å²) >= 11 is 1.44. The van der Waals surface area contributed by atoms with E-state index >= 15 is 0 Å². The summed E-state index contributed by atoms with van der Waals surface area (Å²) in [5.74, 6) is 0.384. The number of azo groups is 1. The predicted molar refractivity (Wildman–Crippen MR) is 82.3 cm³/mol. The molecule has 1 aromatic heterocycles. The van der Waals surface area contributed by atoms with Crippen LogP contribution < -0.4 is 4.90 Å². The predicted octanol–water partition coefficient (Wildman–Crippen LogP) is 3.29. The van der Waals surface area contributed by atoms with Crippen LogP contribution in [0.3, 0.4) is 0 Å². The Kier molecular flexibility index (Phi) is 5.29. The molecule has 21 heavy (non-hydrogen) atoms. The highest BCUT2D eigenvalue weighted by Crippen LogP contribution is 2.21. The molecule has 108 valence electrons. The van der Waals surface area contributed by atoms with Gasteiger partial charge in [0.05, 0.1) is 18.2 Å². The molecule has 0 radical (unpaired) electrons. The Balaban J connectivity index is 2.00. The van der Waals surface area contributed by atoms with Crippen molar-refractivity contribution in [2.45, 2.75) is 11.6 Å². The van der Waals surface area contributed by atoms with Gasteiger partial charge in [0.25, 0.3) is 5.95 Å². The number of nitrogens with one attached hydrogen (secondary N) is 1. The van der Waals surface area contributed by atoms with E-state index in [2.05, 4.69) is 31.5 Å². The van der Waals surface area contributed by atoms with Gasteiger partial charge in [0.15, 0.2) is 0 Å². The topological polar surface area (TPSA) is 93.3 Å². The molecule has 0 aliphatic rings. The number of benzene rings is 1. The van der Waals surface area contributed by atoms with Gasteiger partial charge in [-0.2, -0.15) is 10.2 Å². The molecule has 2 rings (SSSR count). The zero-order valence-corrected chi connectivity index (χ0v) is 12.6. The van der Waals surface area contributed by atoms with Gasteiger partial charge in [-0.3, -0.25) is 0 Å². The lowest BCUT2D eigenvalue weighted by molar-refractivity contribution is 0.905. The fourth-order valence-electron chi connectivity index (χ4n) is 1.60. The Morgan fingerprint density at radius 1 is 1.33 bits per heavy atom. The molecule has 0 aliphatic carbocycles. The molecular formula is C13H15N7S. The summed E-state index contributed by atoms with van der Waals surface area (Å²) in [6.45, 7) is 0.701. The smallest absolute Gasteiger partial charge is 0.265 e. The maximum atomic E-state index is 8.58. The van der Waals surface area contributed by atoms with Gasteiger partial charge in [0, 0.05) is 19.3 Å². The number of H-pyrrole nitrogens is 1. The fraction of sp³-hybridized carbons (Fsp3) is 0.308. The highest BCUT2D eigenvalue weighted by atomic mass is 32.2. The number of nitrogens with zero attached hydrogens (tertiary/aromatic N) is 6. The van der Waals surface area contributed by atoms with Crippen LogP contribution >= 0.6 is 11.8 Å². The molecule has 0 saturated heterocycles. The molecule has 1 aromatic carbocycles. The van der Waals surface area contributed by atoms with Crippen molar-refractivity contribution in [1.82, 2.24) is 15.2 Å². The van der Waals surface area contributed by atoms with Crippen molar-refractivity contribution in [1.29, 1.82) is 5.26 Å². The first-order valence-electron chi connectivity index (χ1n) is 6.29. The zero-order valence-electron chi connectivity index (χ0n) is 11.8. The van der Waals surface area contributed by atoms with Gasteiger partial charge in [-0.05, 0) is 30.5 Å². The third-order valence-electron chi connectivity index (χ3n) is 2.75. The van der Waals surface area contributed by atoms with E-state index in [0.29, 0.717) is 24.1 Å². The van der Waals surface area contributed by atoms with E-state index in [1.807, 2.05) is 42.5 Å². The number of aromatic nitrogens is 3.